The minimum atomic E-state index is -0.924. The Kier molecular flexibility index (Phi) is 12.8. The predicted molar refractivity (Wildman–Crippen MR) is 264 cm³/mol. The molecule has 3 aliphatic rings. The lowest BCUT2D eigenvalue weighted by Crippen LogP contribution is -2.22. The van der Waals surface area contributed by atoms with Gasteiger partial charge in [-0.15, -0.1) is 0 Å². The number of aromatic nitrogens is 4. The molecule has 2 unspecified atom stereocenters. The number of carbonyl (C=O) groups is 5. The van der Waals surface area contributed by atoms with E-state index in [9.17, 15) is 24.0 Å². The summed E-state index contributed by atoms with van der Waals surface area (Å²) in [5.41, 5.74) is 12.3. The van der Waals surface area contributed by atoms with Gasteiger partial charge in [-0.2, -0.15) is 0 Å². The van der Waals surface area contributed by atoms with Crippen LogP contribution in [-0.2, 0) is 30.3 Å². The number of fused-ring (bicyclic) bond motifs is 4. The Labute approximate surface area is 395 Å². The third-order valence-electron chi connectivity index (χ3n) is 12.5. The summed E-state index contributed by atoms with van der Waals surface area (Å²) < 4.78 is 8.88. The lowest BCUT2D eigenvalue weighted by atomic mass is 9.95. The van der Waals surface area contributed by atoms with Gasteiger partial charge in [-0.1, -0.05) is 120 Å². The molecule has 0 fully saturated rings. The van der Waals surface area contributed by atoms with Crippen molar-refractivity contribution in [2.45, 2.75) is 57.0 Å². The van der Waals surface area contributed by atoms with Crippen molar-refractivity contribution in [3.63, 3.8) is 0 Å². The van der Waals surface area contributed by atoms with Gasteiger partial charge in [0.1, 0.15) is 10.3 Å². The van der Waals surface area contributed by atoms with Crippen molar-refractivity contribution in [1.82, 2.24) is 24.4 Å². The number of nitrogens with two attached hydrogens (primary N) is 1. The number of hydrogen-bond acceptors (Lipinski definition) is 6. The molecule has 14 heteroatoms. The Morgan fingerprint density at radius 3 is 1.81 bits per heavy atom. The number of para-hydroxylation sites is 4. The molecular formula is C53H46Cl2N6O6. The van der Waals surface area contributed by atoms with Crippen molar-refractivity contribution in [1.29, 1.82) is 0 Å². The standard InChI is InChI=1S/C26H20ClN3O2.C16H18N2O.C11H8ClNO3/c27-24-21(17-11-4-6-12-19(17)28-24)23-22(25(31)29-26(23)32)18-14-30(15-8-2-1-3-9-15)20-13-7-5-10-16(18)20;17-16(19)10-12-11-18(13-6-2-1-3-7-13)15-9-5-4-8-14(12)15;1-16-11(15)9(14)8-6-4-2-3-5-7(6)13-10(8)12/h2,4-8,10-15,28H,1,3,9H2,(H,29,31,32);2,4-6,8-9,11,13H,1,3,7,10H2,(H2,17,19);2-5,13H,1H3. The molecule has 3 amide bonds. The maximum Gasteiger partial charge on any atom is 0.379 e. The van der Waals surface area contributed by atoms with E-state index in [1.165, 1.54) is 18.4 Å². The number of primary amides is 1. The number of esters is 1. The van der Waals surface area contributed by atoms with Crippen molar-refractivity contribution in [2.24, 2.45) is 5.73 Å². The van der Waals surface area contributed by atoms with Crippen LogP contribution in [0.15, 0.2) is 134 Å². The highest BCUT2D eigenvalue weighted by Gasteiger charge is 2.36. The third-order valence-corrected chi connectivity index (χ3v) is 13.0. The van der Waals surface area contributed by atoms with E-state index in [-0.39, 0.29) is 22.7 Å². The number of benzene rings is 4. The fourth-order valence-corrected chi connectivity index (χ4v) is 10.0. The lowest BCUT2D eigenvalue weighted by molar-refractivity contribution is -0.135. The molecule has 11 rings (SSSR count). The molecule has 0 bridgehead atoms. The molecule has 0 saturated heterocycles. The second kappa shape index (κ2) is 19.2. The number of hydrogen-bond donors (Lipinski definition) is 4. The van der Waals surface area contributed by atoms with Crippen LogP contribution in [0.25, 0.3) is 54.8 Å². The Balaban J connectivity index is 0.000000137. The number of nitrogens with zero attached hydrogens (tertiary/aromatic N) is 2. The average Bonchev–Trinajstić information content (AvgIpc) is 4.15. The molecule has 338 valence electrons. The van der Waals surface area contributed by atoms with Gasteiger partial charge in [0.15, 0.2) is 0 Å². The van der Waals surface area contributed by atoms with Crippen molar-refractivity contribution in [3.05, 3.63) is 166 Å². The number of aromatic amines is 2. The van der Waals surface area contributed by atoms with Gasteiger partial charge in [0.25, 0.3) is 17.6 Å². The van der Waals surface area contributed by atoms with Gasteiger partial charge in [0.2, 0.25) is 5.91 Å². The smallest absolute Gasteiger partial charge is 0.379 e. The summed E-state index contributed by atoms with van der Waals surface area (Å²) in [6, 6.07) is 31.6. The number of allylic oxidation sites excluding steroid dienone is 4. The van der Waals surface area contributed by atoms with Gasteiger partial charge < -0.3 is 29.6 Å². The fourth-order valence-electron chi connectivity index (χ4n) is 9.44. The van der Waals surface area contributed by atoms with Crippen LogP contribution in [0.1, 0.15) is 77.7 Å². The highest BCUT2D eigenvalue weighted by molar-refractivity contribution is 6.52. The molecule has 0 saturated carbocycles. The van der Waals surface area contributed by atoms with E-state index >= 15 is 0 Å². The first-order valence-corrected chi connectivity index (χ1v) is 22.8. The SMILES string of the molecule is COC(=O)C(=O)c1c(Cl)[nH]c2ccccc12.NC(=O)Cc1cn(C2C=CCCC2)c2ccccc12.O=C1NC(=O)C(c2cn(C3C=CCCC3)c3ccccc23)=C1c1c(Cl)[nH]c2ccccc12. The molecule has 0 radical (unpaired) electrons. The minimum absolute atomic E-state index is 0.150. The van der Waals surface area contributed by atoms with Crippen LogP contribution in [-0.4, -0.2) is 55.7 Å². The molecule has 2 atom stereocenters. The molecule has 8 aromatic rings. The van der Waals surface area contributed by atoms with Crippen molar-refractivity contribution in [2.75, 3.05) is 7.11 Å². The van der Waals surface area contributed by atoms with Crippen LogP contribution in [0.5, 0.6) is 0 Å². The minimum Gasteiger partial charge on any atom is -0.463 e. The zero-order valence-electron chi connectivity index (χ0n) is 36.5. The molecule has 4 aromatic carbocycles. The number of rotatable bonds is 8. The van der Waals surface area contributed by atoms with Crippen LogP contribution in [0.3, 0.4) is 0 Å². The number of carbonyl (C=O) groups excluding carboxylic acids is 5. The van der Waals surface area contributed by atoms with Gasteiger partial charge in [-0.25, -0.2) is 4.79 Å². The van der Waals surface area contributed by atoms with Gasteiger partial charge in [0, 0.05) is 67.1 Å². The normalized spacial score (nSPS) is 16.8. The molecule has 5 N–H and O–H groups in total. The molecular weight excluding hydrogens is 888 g/mol. The van der Waals surface area contributed by atoms with Gasteiger partial charge in [-0.05, 0) is 68.4 Å². The summed E-state index contributed by atoms with van der Waals surface area (Å²) >= 11 is 12.4. The first-order chi connectivity index (χ1) is 32.5. The van der Waals surface area contributed by atoms with Crippen LogP contribution in [0.4, 0.5) is 0 Å². The molecule has 1 aliphatic heterocycles. The maximum absolute atomic E-state index is 13.1. The summed E-state index contributed by atoms with van der Waals surface area (Å²) in [5, 5.41) is 6.51. The Bertz CT molecular complexity index is 3360. The van der Waals surface area contributed by atoms with Crippen molar-refractivity contribution < 1.29 is 28.7 Å². The number of halogens is 2. The molecule has 5 heterocycles. The number of imide groups is 1. The number of H-pyrrole nitrogens is 2. The van der Waals surface area contributed by atoms with Crippen LogP contribution in [0, 0.1) is 0 Å². The van der Waals surface area contributed by atoms with Crippen LogP contribution < -0.4 is 11.1 Å². The molecule has 4 aromatic heterocycles. The number of ether oxygens (including phenoxy) is 1. The van der Waals surface area contributed by atoms with Gasteiger partial charge >= 0.3 is 5.97 Å². The van der Waals surface area contributed by atoms with Crippen molar-refractivity contribution in [3.8, 4) is 0 Å². The maximum atomic E-state index is 13.1. The zero-order chi connectivity index (χ0) is 46.8. The van der Waals surface area contributed by atoms with E-state index < -0.39 is 23.6 Å². The molecule has 0 spiro atoms. The zero-order valence-corrected chi connectivity index (χ0v) is 38.0. The third kappa shape index (κ3) is 8.73. The largest absolute Gasteiger partial charge is 0.463 e. The Hall–Kier alpha value is -7.41. The van der Waals surface area contributed by atoms with E-state index in [4.69, 9.17) is 28.9 Å². The second-order valence-corrected chi connectivity index (χ2v) is 17.4. The van der Waals surface area contributed by atoms with E-state index in [1.54, 1.807) is 18.2 Å². The quantitative estimate of drug-likeness (QED) is 0.0388. The van der Waals surface area contributed by atoms with Crippen LogP contribution in [0.2, 0.25) is 10.3 Å². The number of Topliss-reactive ketones (excluding diaryl/α,β-unsaturated/α-hetero) is 1. The number of ketones is 1. The highest BCUT2D eigenvalue weighted by atomic mass is 35.5. The van der Waals surface area contributed by atoms with E-state index in [1.807, 2.05) is 66.9 Å². The summed E-state index contributed by atoms with van der Waals surface area (Å²) in [6.45, 7) is 0. The predicted octanol–water partition coefficient (Wildman–Crippen LogP) is 10.8. The average molecular weight is 934 g/mol. The monoisotopic (exact) mass is 932 g/mol. The van der Waals surface area contributed by atoms with Gasteiger partial charge in [-0.3, -0.25) is 24.5 Å². The summed E-state index contributed by atoms with van der Waals surface area (Å²) in [4.78, 5) is 66.1. The first kappa shape index (κ1) is 44.8. The second-order valence-electron chi connectivity index (χ2n) is 16.6. The molecule has 12 nitrogen and oxygen atoms in total. The first-order valence-electron chi connectivity index (χ1n) is 22.1. The van der Waals surface area contributed by atoms with Gasteiger partial charge in [0.05, 0.1) is 42.3 Å². The highest BCUT2D eigenvalue weighted by Crippen LogP contribution is 2.42. The number of amides is 3. The summed E-state index contributed by atoms with van der Waals surface area (Å²) in [6.07, 6.45) is 20.2. The van der Waals surface area contributed by atoms with Crippen LogP contribution >= 0.6 is 23.2 Å². The van der Waals surface area contributed by atoms with E-state index in [0.29, 0.717) is 45.2 Å². The Morgan fingerprint density at radius 1 is 0.672 bits per heavy atom. The topological polar surface area (TPSA) is 174 Å². The lowest BCUT2D eigenvalue weighted by Gasteiger charge is -2.19. The van der Waals surface area contributed by atoms with E-state index in [2.05, 4.69) is 77.9 Å². The fraction of sp³-hybridized carbons (Fsp3) is 0.189. The number of methoxy groups -OCH3 is 1. The van der Waals surface area contributed by atoms with Crippen molar-refractivity contribution >= 4 is 107 Å². The number of nitrogens with one attached hydrogen (secondary N) is 3. The van der Waals surface area contributed by atoms with E-state index in [0.717, 1.165) is 71.1 Å². The summed E-state index contributed by atoms with van der Waals surface area (Å²) in [7, 11) is 1.16. The molecule has 67 heavy (non-hydrogen) atoms. The summed E-state index contributed by atoms with van der Waals surface area (Å²) in [5.74, 6) is -2.77. The Morgan fingerprint density at radius 2 is 1.19 bits per heavy atom. The molecule has 2 aliphatic carbocycles.